The van der Waals surface area contributed by atoms with Gasteiger partial charge in [0.25, 0.3) is 0 Å². The number of ether oxygens (including phenoxy) is 3. The van der Waals surface area contributed by atoms with Crippen molar-refractivity contribution in [2.75, 3.05) is 49.7 Å². The Kier molecular flexibility index (Phi) is 6.22. The number of nitrogens with zero attached hydrogens (tertiary/aromatic N) is 1. The Hall–Kier alpha value is -3.78. The highest BCUT2D eigenvalue weighted by Gasteiger charge is 2.24. The van der Waals surface area contributed by atoms with E-state index in [4.69, 9.17) is 14.2 Å². The molecule has 1 aromatic heterocycles. The summed E-state index contributed by atoms with van der Waals surface area (Å²) < 4.78 is 16.8. The summed E-state index contributed by atoms with van der Waals surface area (Å²) >= 11 is 0. The number of esters is 1. The molecule has 2 N–H and O–H groups in total. The van der Waals surface area contributed by atoms with Crippen molar-refractivity contribution < 1.29 is 19.0 Å². The first-order chi connectivity index (χ1) is 16.6. The number of para-hydroxylation sites is 1. The number of rotatable bonds is 6. The first kappa shape index (κ1) is 22.0. The van der Waals surface area contributed by atoms with E-state index in [0.29, 0.717) is 31.9 Å². The average Bonchev–Trinajstić information content (AvgIpc) is 2.86. The molecule has 8 heteroatoms. The Bertz CT molecular complexity index is 1260. The SMILES string of the molecule is CCOC(=O)CNc1cccc2c1Cc1cccc(-c3cc(N4CCOCC4)cc(=O)[nH]3)c1O2. The van der Waals surface area contributed by atoms with Crippen LogP contribution in [0.3, 0.4) is 0 Å². The van der Waals surface area contributed by atoms with E-state index in [1.54, 1.807) is 13.0 Å². The summed E-state index contributed by atoms with van der Waals surface area (Å²) in [6.45, 7) is 5.02. The zero-order valence-corrected chi connectivity index (χ0v) is 19.1. The molecule has 3 heterocycles. The van der Waals surface area contributed by atoms with Gasteiger partial charge in [-0.3, -0.25) is 9.59 Å². The molecular weight excluding hydrogens is 434 g/mol. The Morgan fingerprint density at radius 2 is 1.97 bits per heavy atom. The average molecular weight is 462 g/mol. The lowest BCUT2D eigenvalue weighted by atomic mass is 9.95. The molecule has 176 valence electrons. The van der Waals surface area contributed by atoms with Gasteiger partial charge in [-0.2, -0.15) is 0 Å². The monoisotopic (exact) mass is 461 g/mol. The molecule has 0 amide bonds. The van der Waals surface area contributed by atoms with Gasteiger partial charge in [0, 0.05) is 53.6 Å². The van der Waals surface area contributed by atoms with Crippen LogP contribution in [0.25, 0.3) is 11.3 Å². The molecule has 0 aliphatic carbocycles. The maximum Gasteiger partial charge on any atom is 0.325 e. The van der Waals surface area contributed by atoms with Crippen molar-refractivity contribution in [3.63, 3.8) is 0 Å². The fraction of sp³-hybridized carbons (Fsp3) is 0.308. The molecule has 1 saturated heterocycles. The van der Waals surface area contributed by atoms with Crippen molar-refractivity contribution in [1.82, 2.24) is 4.98 Å². The quantitative estimate of drug-likeness (QED) is 0.424. The Balaban J connectivity index is 1.46. The molecule has 0 bridgehead atoms. The van der Waals surface area contributed by atoms with Gasteiger partial charge in [0.15, 0.2) is 0 Å². The van der Waals surface area contributed by atoms with E-state index in [1.165, 1.54) is 0 Å². The maximum atomic E-state index is 12.5. The third-order valence-corrected chi connectivity index (χ3v) is 6.03. The van der Waals surface area contributed by atoms with E-state index in [0.717, 1.165) is 52.7 Å². The highest BCUT2D eigenvalue weighted by Crippen LogP contribution is 2.44. The number of H-pyrrole nitrogens is 1. The lowest BCUT2D eigenvalue weighted by Gasteiger charge is -2.29. The van der Waals surface area contributed by atoms with E-state index in [1.807, 2.05) is 42.5 Å². The second-order valence-corrected chi connectivity index (χ2v) is 8.23. The highest BCUT2D eigenvalue weighted by molar-refractivity contribution is 5.78. The van der Waals surface area contributed by atoms with Gasteiger partial charge in [0.1, 0.15) is 18.0 Å². The van der Waals surface area contributed by atoms with Crippen LogP contribution in [0.15, 0.2) is 53.3 Å². The first-order valence-corrected chi connectivity index (χ1v) is 11.5. The van der Waals surface area contributed by atoms with Crippen molar-refractivity contribution >= 4 is 17.3 Å². The molecule has 34 heavy (non-hydrogen) atoms. The highest BCUT2D eigenvalue weighted by atomic mass is 16.5. The molecule has 1 fully saturated rings. The maximum absolute atomic E-state index is 12.5. The van der Waals surface area contributed by atoms with Crippen LogP contribution in [0.2, 0.25) is 0 Å². The number of morpholine rings is 1. The summed E-state index contributed by atoms with van der Waals surface area (Å²) in [4.78, 5) is 29.4. The number of carbonyl (C=O) groups is 1. The van der Waals surface area contributed by atoms with Crippen LogP contribution in [0, 0.1) is 0 Å². The second kappa shape index (κ2) is 9.61. The van der Waals surface area contributed by atoms with Gasteiger partial charge in [0.05, 0.1) is 25.5 Å². The Morgan fingerprint density at radius 3 is 2.79 bits per heavy atom. The van der Waals surface area contributed by atoms with Gasteiger partial charge < -0.3 is 29.4 Å². The predicted octanol–water partition coefficient (Wildman–Crippen LogP) is 3.55. The van der Waals surface area contributed by atoms with Crippen molar-refractivity contribution in [1.29, 1.82) is 0 Å². The number of carbonyl (C=O) groups excluding carboxylic acids is 1. The van der Waals surface area contributed by atoms with Gasteiger partial charge >= 0.3 is 5.97 Å². The van der Waals surface area contributed by atoms with E-state index in [-0.39, 0.29) is 18.1 Å². The Labute approximate surface area is 197 Å². The third-order valence-electron chi connectivity index (χ3n) is 6.03. The van der Waals surface area contributed by atoms with Crippen LogP contribution in [0.1, 0.15) is 18.1 Å². The number of nitrogens with one attached hydrogen (secondary N) is 2. The van der Waals surface area contributed by atoms with Gasteiger partial charge in [-0.1, -0.05) is 18.2 Å². The van der Waals surface area contributed by atoms with Gasteiger partial charge in [-0.15, -0.1) is 0 Å². The Morgan fingerprint density at radius 1 is 1.15 bits per heavy atom. The molecular formula is C26H27N3O5. The summed E-state index contributed by atoms with van der Waals surface area (Å²) in [5, 5.41) is 3.17. The molecule has 2 aliphatic rings. The minimum Gasteiger partial charge on any atom is -0.465 e. The largest absolute Gasteiger partial charge is 0.465 e. The van der Waals surface area contributed by atoms with E-state index < -0.39 is 0 Å². The van der Waals surface area contributed by atoms with Crippen LogP contribution in [-0.2, 0) is 20.7 Å². The summed E-state index contributed by atoms with van der Waals surface area (Å²) in [7, 11) is 0. The van der Waals surface area contributed by atoms with Gasteiger partial charge in [-0.05, 0) is 31.2 Å². The van der Waals surface area contributed by atoms with E-state index in [2.05, 4.69) is 15.2 Å². The van der Waals surface area contributed by atoms with Crippen LogP contribution in [-0.4, -0.2) is 50.4 Å². The number of aromatic amines is 1. The van der Waals surface area contributed by atoms with E-state index in [9.17, 15) is 9.59 Å². The number of hydrogen-bond acceptors (Lipinski definition) is 7. The molecule has 5 rings (SSSR count). The molecule has 2 aromatic carbocycles. The van der Waals surface area contributed by atoms with Gasteiger partial charge in [-0.25, -0.2) is 0 Å². The molecule has 8 nitrogen and oxygen atoms in total. The van der Waals surface area contributed by atoms with Crippen LogP contribution in [0.4, 0.5) is 11.4 Å². The van der Waals surface area contributed by atoms with Crippen molar-refractivity contribution in [3.8, 4) is 22.8 Å². The molecule has 0 atom stereocenters. The normalized spacial score (nSPS) is 14.6. The summed E-state index contributed by atoms with van der Waals surface area (Å²) in [6, 6.07) is 15.3. The van der Waals surface area contributed by atoms with E-state index >= 15 is 0 Å². The number of hydrogen-bond donors (Lipinski definition) is 2. The number of fused-ring (bicyclic) bond motifs is 2. The standard InChI is InChI=1S/C26H27N3O5/c1-2-33-25(31)16-27-21-7-4-8-23-20(21)13-17-5-3-6-19(26(17)34-23)22-14-18(15-24(30)28-22)29-9-11-32-12-10-29/h3-8,14-15,27H,2,9-13,16H2,1H3,(H,28,30). The number of aromatic nitrogens is 1. The minimum absolute atomic E-state index is 0.0900. The molecule has 0 spiro atoms. The predicted molar refractivity (Wildman–Crippen MR) is 130 cm³/mol. The zero-order valence-electron chi connectivity index (χ0n) is 19.1. The van der Waals surface area contributed by atoms with Crippen LogP contribution < -0.4 is 20.5 Å². The van der Waals surface area contributed by atoms with Crippen LogP contribution >= 0.6 is 0 Å². The van der Waals surface area contributed by atoms with Crippen molar-refractivity contribution in [2.45, 2.75) is 13.3 Å². The van der Waals surface area contributed by atoms with Crippen LogP contribution in [0.5, 0.6) is 11.5 Å². The van der Waals surface area contributed by atoms with Gasteiger partial charge in [0.2, 0.25) is 5.56 Å². The number of anilines is 2. The zero-order chi connectivity index (χ0) is 23.5. The molecule has 0 saturated carbocycles. The van der Waals surface area contributed by atoms with Crippen molar-refractivity contribution in [3.05, 3.63) is 70.0 Å². The summed E-state index contributed by atoms with van der Waals surface area (Å²) in [5.41, 5.74) is 5.09. The second-order valence-electron chi connectivity index (χ2n) is 8.23. The lowest BCUT2D eigenvalue weighted by molar-refractivity contribution is -0.140. The number of pyridine rings is 1. The fourth-order valence-electron chi connectivity index (χ4n) is 4.42. The summed E-state index contributed by atoms with van der Waals surface area (Å²) in [5.74, 6) is 1.15. The lowest BCUT2D eigenvalue weighted by Crippen LogP contribution is -2.36. The minimum atomic E-state index is -0.302. The third kappa shape index (κ3) is 4.49. The first-order valence-electron chi connectivity index (χ1n) is 11.5. The van der Waals surface area contributed by atoms with Crippen molar-refractivity contribution in [2.24, 2.45) is 0 Å². The molecule has 0 unspecified atom stereocenters. The number of benzene rings is 2. The smallest absolute Gasteiger partial charge is 0.325 e. The molecule has 0 radical (unpaired) electrons. The summed E-state index contributed by atoms with van der Waals surface area (Å²) in [6.07, 6.45) is 0.637. The molecule has 3 aromatic rings. The fourth-order valence-corrected chi connectivity index (χ4v) is 4.42. The molecule has 2 aliphatic heterocycles. The topological polar surface area (TPSA) is 92.9 Å².